The largest absolute Gasteiger partial charge is 0.492 e. The molecule has 0 atom stereocenters. The standard InChI is InChI=1S/C22H25N5O/c1-2-6-18(7-3-1)24-21-12-13-23-22(26-21)25-19-8-10-20(11-9-19)28-17-16-27-14-4-5-15-27/h1-3,6-13H,4-5,14-17H2,(H2,23,24,25,26). The molecule has 1 fully saturated rings. The molecular weight excluding hydrogens is 350 g/mol. The average molecular weight is 375 g/mol. The van der Waals surface area contributed by atoms with Gasteiger partial charge in [-0.2, -0.15) is 4.98 Å². The molecular formula is C22H25N5O. The number of anilines is 4. The highest BCUT2D eigenvalue weighted by Gasteiger charge is 2.10. The zero-order valence-corrected chi connectivity index (χ0v) is 15.8. The van der Waals surface area contributed by atoms with E-state index in [1.165, 1.54) is 25.9 Å². The zero-order valence-electron chi connectivity index (χ0n) is 15.8. The van der Waals surface area contributed by atoms with Crippen LogP contribution in [0.4, 0.5) is 23.1 Å². The summed E-state index contributed by atoms with van der Waals surface area (Å²) in [4.78, 5) is 11.3. The summed E-state index contributed by atoms with van der Waals surface area (Å²) in [6.45, 7) is 4.12. The molecule has 6 heteroatoms. The molecule has 1 saturated heterocycles. The minimum atomic E-state index is 0.545. The van der Waals surface area contributed by atoms with Crippen molar-refractivity contribution in [1.29, 1.82) is 0 Å². The number of hydrogen-bond acceptors (Lipinski definition) is 6. The van der Waals surface area contributed by atoms with Crippen molar-refractivity contribution in [3.05, 3.63) is 66.9 Å². The fraction of sp³-hybridized carbons (Fsp3) is 0.273. The third-order valence-electron chi connectivity index (χ3n) is 4.69. The van der Waals surface area contributed by atoms with Crippen molar-refractivity contribution in [2.45, 2.75) is 12.8 Å². The number of nitrogens with zero attached hydrogens (tertiary/aromatic N) is 3. The number of benzene rings is 2. The molecule has 2 aromatic carbocycles. The van der Waals surface area contributed by atoms with Crippen molar-refractivity contribution in [2.75, 3.05) is 36.9 Å². The van der Waals surface area contributed by atoms with Crippen molar-refractivity contribution in [1.82, 2.24) is 14.9 Å². The first-order chi connectivity index (χ1) is 13.8. The molecule has 2 N–H and O–H groups in total. The van der Waals surface area contributed by atoms with Gasteiger partial charge in [0.25, 0.3) is 0 Å². The van der Waals surface area contributed by atoms with Crippen molar-refractivity contribution >= 4 is 23.1 Å². The van der Waals surface area contributed by atoms with Gasteiger partial charge in [-0.15, -0.1) is 0 Å². The Morgan fingerprint density at radius 2 is 1.61 bits per heavy atom. The number of nitrogens with one attached hydrogen (secondary N) is 2. The second kappa shape index (κ2) is 9.19. The fourth-order valence-electron chi connectivity index (χ4n) is 3.22. The second-order valence-corrected chi connectivity index (χ2v) is 6.80. The van der Waals surface area contributed by atoms with Gasteiger partial charge in [-0.25, -0.2) is 4.98 Å². The number of para-hydroxylation sites is 1. The van der Waals surface area contributed by atoms with Crippen molar-refractivity contribution < 1.29 is 4.74 Å². The number of aromatic nitrogens is 2. The highest BCUT2D eigenvalue weighted by Crippen LogP contribution is 2.20. The predicted molar refractivity (Wildman–Crippen MR) is 113 cm³/mol. The number of ether oxygens (including phenoxy) is 1. The molecule has 0 aliphatic carbocycles. The Hall–Kier alpha value is -3.12. The third-order valence-corrected chi connectivity index (χ3v) is 4.69. The van der Waals surface area contributed by atoms with E-state index in [0.29, 0.717) is 5.95 Å². The van der Waals surface area contributed by atoms with Crippen LogP contribution < -0.4 is 15.4 Å². The number of rotatable bonds is 8. The Bertz CT molecular complexity index is 864. The summed E-state index contributed by atoms with van der Waals surface area (Å²) in [5, 5.41) is 6.50. The van der Waals surface area contributed by atoms with Crippen LogP contribution in [-0.4, -0.2) is 41.1 Å². The highest BCUT2D eigenvalue weighted by molar-refractivity contribution is 5.59. The number of likely N-dealkylation sites (tertiary alicyclic amines) is 1. The Kier molecular flexibility index (Phi) is 5.99. The minimum Gasteiger partial charge on any atom is -0.492 e. The molecule has 4 rings (SSSR count). The molecule has 0 saturated carbocycles. The van der Waals surface area contributed by atoms with Crippen LogP contribution in [0.3, 0.4) is 0 Å². The van der Waals surface area contributed by atoms with Gasteiger partial charge in [0.15, 0.2) is 0 Å². The summed E-state index contributed by atoms with van der Waals surface area (Å²) < 4.78 is 5.85. The molecule has 3 aromatic rings. The maximum Gasteiger partial charge on any atom is 0.229 e. The molecule has 0 amide bonds. The topological polar surface area (TPSA) is 62.3 Å². The lowest BCUT2D eigenvalue weighted by Gasteiger charge is -2.15. The van der Waals surface area contributed by atoms with Gasteiger partial charge < -0.3 is 15.4 Å². The maximum atomic E-state index is 5.85. The Labute approximate surface area is 165 Å². The van der Waals surface area contributed by atoms with Crippen LogP contribution >= 0.6 is 0 Å². The lowest BCUT2D eigenvalue weighted by atomic mass is 10.3. The molecule has 0 radical (unpaired) electrons. The van der Waals surface area contributed by atoms with E-state index in [4.69, 9.17) is 4.74 Å². The first kappa shape index (κ1) is 18.3. The lowest BCUT2D eigenvalue weighted by Crippen LogP contribution is -2.25. The van der Waals surface area contributed by atoms with Gasteiger partial charge in [-0.1, -0.05) is 18.2 Å². The van der Waals surface area contributed by atoms with Crippen LogP contribution in [0.15, 0.2) is 66.9 Å². The predicted octanol–water partition coefficient (Wildman–Crippen LogP) is 4.44. The molecule has 1 aliphatic heterocycles. The van der Waals surface area contributed by atoms with E-state index in [0.717, 1.165) is 36.1 Å². The summed E-state index contributed by atoms with van der Waals surface area (Å²) in [6.07, 6.45) is 4.35. The van der Waals surface area contributed by atoms with Gasteiger partial charge in [0.1, 0.15) is 18.2 Å². The highest BCUT2D eigenvalue weighted by atomic mass is 16.5. The molecule has 0 unspecified atom stereocenters. The van der Waals surface area contributed by atoms with E-state index in [1.54, 1.807) is 6.20 Å². The molecule has 0 bridgehead atoms. The van der Waals surface area contributed by atoms with Gasteiger partial charge in [0.2, 0.25) is 5.95 Å². The van der Waals surface area contributed by atoms with Gasteiger partial charge >= 0.3 is 0 Å². The van der Waals surface area contributed by atoms with Gasteiger partial charge in [-0.3, -0.25) is 4.90 Å². The first-order valence-electron chi connectivity index (χ1n) is 9.72. The first-order valence-corrected chi connectivity index (χ1v) is 9.72. The van der Waals surface area contributed by atoms with Gasteiger partial charge in [-0.05, 0) is 68.4 Å². The summed E-state index contributed by atoms with van der Waals surface area (Å²) in [6, 6.07) is 19.7. The van der Waals surface area contributed by atoms with E-state index in [9.17, 15) is 0 Å². The summed E-state index contributed by atoms with van der Waals surface area (Å²) in [5.74, 6) is 2.17. The fourth-order valence-corrected chi connectivity index (χ4v) is 3.22. The van der Waals surface area contributed by atoms with Crippen LogP contribution in [0.25, 0.3) is 0 Å². The zero-order chi connectivity index (χ0) is 19.0. The number of hydrogen-bond donors (Lipinski definition) is 2. The van der Waals surface area contributed by atoms with Crippen molar-refractivity contribution in [3.63, 3.8) is 0 Å². The van der Waals surface area contributed by atoms with Crippen LogP contribution in [0.1, 0.15) is 12.8 Å². The minimum absolute atomic E-state index is 0.545. The van der Waals surface area contributed by atoms with E-state index < -0.39 is 0 Å². The van der Waals surface area contributed by atoms with Gasteiger partial charge in [0.05, 0.1) is 0 Å². The summed E-state index contributed by atoms with van der Waals surface area (Å²) >= 11 is 0. The Morgan fingerprint density at radius 1 is 0.857 bits per heavy atom. The third kappa shape index (κ3) is 5.20. The lowest BCUT2D eigenvalue weighted by molar-refractivity contribution is 0.238. The van der Waals surface area contributed by atoms with Crippen molar-refractivity contribution in [3.8, 4) is 5.75 Å². The molecule has 1 aromatic heterocycles. The van der Waals surface area contributed by atoms with E-state index in [1.807, 2.05) is 60.7 Å². The summed E-state index contributed by atoms with van der Waals surface area (Å²) in [7, 11) is 0. The smallest absolute Gasteiger partial charge is 0.229 e. The Balaban J connectivity index is 1.30. The normalized spacial score (nSPS) is 14.0. The Morgan fingerprint density at radius 3 is 2.39 bits per heavy atom. The molecule has 1 aliphatic rings. The van der Waals surface area contributed by atoms with Crippen LogP contribution in [-0.2, 0) is 0 Å². The SMILES string of the molecule is c1ccc(Nc2ccnc(Nc3ccc(OCCN4CCCC4)cc3)n2)cc1. The van der Waals surface area contributed by atoms with Crippen LogP contribution in [0, 0.1) is 0 Å². The molecule has 28 heavy (non-hydrogen) atoms. The molecule has 0 spiro atoms. The van der Waals surface area contributed by atoms with E-state index in [2.05, 4.69) is 25.5 Å². The quantitative estimate of drug-likeness (QED) is 0.607. The molecule has 6 nitrogen and oxygen atoms in total. The molecule has 2 heterocycles. The van der Waals surface area contributed by atoms with E-state index >= 15 is 0 Å². The van der Waals surface area contributed by atoms with Crippen LogP contribution in [0.2, 0.25) is 0 Å². The average Bonchev–Trinajstić information content (AvgIpc) is 3.24. The van der Waals surface area contributed by atoms with Gasteiger partial charge in [0, 0.05) is 24.1 Å². The van der Waals surface area contributed by atoms with Crippen LogP contribution in [0.5, 0.6) is 5.75 Å². The second-order valence-electron chi connectivity index (χ2n) is 6.80. The summed E-state index contributed by atoms with van der Waals surface area (Å²) in [5.41, 5.74) is 1.91. The van der Waals surface area contributed by atoms with Crippen molar-refractivity contribution in [2.24, 2.45) is 0 Å². The monoisotopic (exact) mass is 375 g/mol. The molecule has 144 valence electrons. The maximum absolute atomic E-state index is 5.85. The van der Waals surface area contributed by atoms with E-state index in [-0.39, 0.29) is 0 Å².